The Bertz CT molecular complexity index is 990. The van der Waals surface area contributed by atoms with Crippen molar-refractivity contribution in [3.05, 3.63) is 46.6 Å². The summed E-state index contributed by atoms with van der Waals surface area (Å²) in [5.74, 6) is -0.00919. The lowest BCUT2D eigenvalue weighted by atomic mass is 10.0. The average Bonchev–Trinajstić information content (AvgIpc) is 3.28. The van der Waals surface area contributed by atoms with Crippen LogP contribution < -0.4 is 16.0 Å². The highest BCUT2D eigenvalue weighted by atomic mass is 16.2. The number of rotatable bonds is 4. The molecule has 0 spiro atoms. The lowest BCUT2D eigenvalue weighted by molar-refractivity contribution is -0.136. The van der Waals surface area contributed by atoms with E-state index in [2.05, 4.69) is 21.0 Å². The number of hydrogen-bond donors (Lipinski definition) is 3. The fourth-order valence-corrected chi connectivity index (χ4v) is 4.28. The fourth-order valence-electron chi connectivity index (χ4n) is 4.28. The van der Waals surface area contributed by atoms with E-state index in [-0.39, 0.29) is 24.1 Å². The van der Waals surface area contributed by atoms with Crippen LogP contribution >= 0.6 is 0 Å². The smallest absolute Gasteiger partial charge is 0.255 e. The third-order valence-corrected chi connectivity index (χ3v) is 5.81. The molecule has 29 heavy (non-hydrogen) atoms. The molecule has 150 valence electrons. The van der Waals surface area contributed by atoms with Gasteiger partial charge in [0.05, 0.1) is 12.2 Å². The number of imide groups is 1. The maximum absolute atomic E-state index is 12.9. The standard InChI is InChI=1S/C20H22N6O3/c27-18-5-4-16(19(28)23-18)25-11-15-12(2-1-3-14(15)20(25)29)9-22-17-8-13-10-21-6-7-26(13)24-17/h1-3,8,16,21H,4-7,9-11H2,(H,22,24)(H,23,27,28). The first-order valence-electron chi connectivity index (χ1n) is 9.87. The molecule has 3 aliphatic rings. The van der Waals surface area contributed by atoms with E-state index in [1.165, 1.54) is 0 Å². The summed E-state index contributed by atoms with van der Waals surface area (Å²) in [5.41, 5.74) is 3.72. The van der Waals surface area contributed by atoms with Crippen molar-refractivity contribution in [3.63, 3.8) is 0 Å². The van der Waals surface area contributed by atoms with Crippen LogP contribution in [-0.2, 0) is 35.8 Å². The summed E-state index contributed by atoms with van der Waals surface area (Å²) >= 11 is 0. The summed E-state index contributed by atoms with van der Waals surface area (Å²) in [4.78, 5) is 38.1. The van der Waals surface area contributed by atoms with Gasteiger partial charge < -0.3 is 15.5 Å². The van der Waals surface area contributed by atoms with E-state index in [1.54, 1.807) is 11.0 Å². The normalized spacial score (nSPS) is 21.0. The summed E-state index contributed by atoms with van der Waals surface area (Å²) < 4.78 is 2.00. The van der Waals surface area contributed by atoms with Gasteiger partial charge >= 0.3 is 0 Å². The third kappa shape index (κ3) is 3.17. The van der Waals surface area contributed by atoms with Crippen LogP contribution in [-0.4, -0.2) is 45.0 Å². The highest BCUT2D eigenvalue weighted by Crippen LogP contribution is 2.30. The fraction of sp³-hybridized carbons (Fsp3) is 0.400. The Kier molecular flexibility index (Phi) is 4.31. The zero-order chi connectivity index (χ0) is 20.0. The molecular weight excluding hydrogens is 372 g/mol. The summed E-state index contributed by atoms with van der Waals surface area (Å²) in [7, 11) is 0. The molecule has 1 fully saturated rings. The number of hydrogen-bond acceptors (Lipinski definition) is 6. The Labute approximate surface area is 167 Å². The Morgan fingerprint density at radius 1 is 1.24 bits per heavy atom. The quantitative estimate of drug-likeness (QED) is 0.646. The maximum Gasteiger partial charge on any atom is 0.255 e. The minimum atomic E-state index is -0.597. The maximum atomic E-state index is 12.9. The topological polar surface area (TPSA) is 108 Å². The third-order valence-electron chi connectivity index (χ3n) is 5.81. The van der Waals surface area contributed by atoms with E-state index in [9.17, 15) is 14.4 Å². The number of nitrogens with zero attached hydrogens (tertiary/aromatic N) is 3. The number of benzene rings is 1. The van der Waals surface area contributed by atoms with E-state index in [1.807, 2.05) is 22.9 Å². The van der Waals surface area contributed by atoms with Crippen LogP contribution in [0.25, 0.3) is 0 Å². The van der Waals surface area contributed by atoms with Gasteiger partial charge in [0.2, 0.25) is 11.8 Å². The molecule has 0 bridgehead atoms. The Balaban J connectivity index is 1.33. The molecule has 1 aromatic heterocycles. The van der Waals surface area contributed by atoms with Crippen LogP contribution in [0.2, 0.25) is 0 Å². The Hall–Kier alpha value is -3.20. The van der Waals surface area contributed by atoms with Crippen LogP contribution in [0.1, 0.15) is 40.0 Å². The van der Waals surface area contributed by atoms with Crippen molar-refractivity contribution >= 4 is 23.5 Å². The molecule has 2 aromatic rings. The van der Waals surface area contributed by atoms with Gasteiger partial charge in [-0.1, -0.05) is 12.1 Å². The molecule has 0 aliphatic carbocycles. The van der Waals surface area contributed by atoms with Gasteiger partial charge in [-0.05, 0) is 23.6 Å². The first-order valence-corrected chi connectivity index (χ1v) is 9.87. The molecule has 1 aromatic carbocycles. The molecule has 0 radical (unpaired) electrons. The minimum Gasteiger partial charge on any atom is -0.365 e. The monoisotopic (exact) mass is 394 g/mol. The highest BCUT2D eigenvalue weighted by molar-refractivity contribution is 6.05. The van der Waals surface area contributed by atoms with Crippen molar-refractivity contribution in [2.45, 2.75) is 45.1 Å². The second-order valence-electron chi connectivity index (χ2n) is 7.62. The first kappa shape index (κ1) is 17.9. The van der Waals surface area contributed by atoms with Crippen LogP contribution in [0.15, 0.2) is 24.3 Å². The molecule has 0 saturated carbocycles. The first-order chi connectivity index (χ1) is 14.1. The largest absolute Gasteiger partial charge is 0.365 e. The summed E-state index contributed by atoms with van der Waals surface area (Å²) in [6.07, 6.45) is 0.622. The molecule has 9 heteroatoms. The second kappa shape index (κ2) is 7.00. The van der Waals surface area contributed by atoms with E-state index >= 15 is 0 Å². The van der Waals surface area contributed by atoms with E-state index in [0.29, 0.717) is 25.1 Å². The van der Waals surface area contributed by atoms with E-state index in [4.69, 9.17) is 0 Å². The van der Waals surface area contributed by atoms with Crippen LogP contribution in [0.4, 0.5) is 5.82 Å². The summed E-state index contributed by atoms with van der Waals surface area (Å²) in [6.45, 7) is 3.50. The van der Waals surface area contributed by atoms with Gasteiger partial charge in [0, 0.05) is 44.2 Å². The highest BCUT2D eigenvalue weighted by Gasteiger charge is 2.39. The molecule has 1 unspecified atom stereocenters. The molecule has 1 saturated heterocycles. The number of anilines is 1. The number of fused-ring (bicyclic) bond motifs is 2. The van der Waals surface area contributed by atoms with Crippen LogP contribution in [0, 0.1) is 0 Å². The predicted octanol–water partition coefficient (Wildman–Crippen LogP) is 0.359. The summed E-state index contributed by atoms with van der Waals surface area (Å²) in [5, 5.41) is 13.6. The number of carbonyl (C=O) groups is 3. The predicted molar refractivity (Wildman–Crippen MR) is 104 cm³/mol. The number of piperidine rings is 1. The second-order valence-corrected chi connectivity index (χ2v) is 7.62. The number of carbonyl (C=O) groups excluding carboxylic acids is 3. The molecule has 3 aliphatic heterocycles. The van der Waals surface area contributed by atoms with Gasteiger partial charge in [-0.25, -0.2) is 0 Å². The lowest BCUT2D eigenvalue weighted by Gasteiger charge is -2.29. The van der Waals surface area contributed by atoms with Gasteiger partial charge in [0.1, 0.15) is 11.9 Å². The van der Waals surface area contributed by atoms with E-state index < -0.39 is 6.04 Å². The van der Waals surface area contributed by atoms with Crippen molar-refractivity contribution in [2.75, 3.05) is 11.9 Å². The molecule has 4 heterocycles. The SMILES string of the molecule is O=C1CCC(N2Cc3c(CNc4cc5n(n4)CCNC5)cccc3C2=O)C(=O)N1. The molecule has 1 atom stereocenters. The van der Waals surface area contributed by atoms with Crippen LogP contribution in [0.5, 0.6) is 0 Å². The van der Waals surface area contributed by atoms with Crippen molar-refractivity contribution in [1.82, 2.24) is 25.3 Å². The Morgan fingerprint density at radius 2 is 2.14 bits per heavy atom. The van der Waals surface area contributed by atoms with Gasteiger partial charge in [0.25, 0.3) is 5.91 Å². The number of amides is 3. The van der Waals surface area contributed by atoms with Gasteiger partial charge in [-0.15, -0.1) is 0 Å². The average molecular weight is 394 g/mol. The van der Waals surface area contributed by atoms with Crippen LogP contribution in [0.3, 0.4) is 0 Å². The molecule has 5 rings (SSSR count). The van der Waals surface area contributed by atoms with Gasteiger partial charge in [0.15, 0.2) is 0 Å². The Morgan fingerprint density at radius 3 is 2.97 bits per heavy atom. The van der Waals surface area contributed by atoms with Crippen molar-refractivity contribution in [1.29, 1.82) is 0 Å². The molecule has 3 amide bonds. The molecule has 9 nitrogen and oxygen atoms in total. The zero-order valence-corrected chi connectivity index (χ0v) is 15.9. The van der Waals surface area contributed by atoms with Gasteiger partial charge in [-0.3, -0.25) is 24.4 Å². The van der Waals surface area contributed by atoms with Crippen molar-refractivity contribution in [3.8, 4) is 0 Å². The van der Waals surface area contributed by atoms with Crippen molar-refractivity contribution < 1.29 is 14.4 Å². The minimum absolute atomic E-state index is 0.153. The van der Waals surface area contributed by atoms with Gasteiger partial charge in [-0.2, -0.15) is 5.10 Å². The number of aromatic nitrogens is 2. The summed E-state index contributed by atoms with van der Waals surface area (Å²) in [6, 6.07) is 7.10. The van der Waals surface area contributed by atoms with E-state index in [0.717, 1.165) is 42.3 Å². The molecular formula is C20H22N6O3. The van der Waals surface area contributed by atoms with Crippen molar-refractivity contribution in [2.24, 2.45) is 0 Å². The zero-order valence-electron chi connectivity index (χ0n) is 15.9. The molecule has 3 N–H and O–H groups in total. The number of nitrogens with one attached hydrogen (secondary N) is 3. The lowest BCUT2D eigenvalue weighted by Crippen LogP contribution is -2.52.